The van der Waals surface area contributed by atoms with Gasteiger partial charge in [-0.15, -0.1) is 0 Å². The van der Waals surface area contributed by atoms with Gasteiger partial charge in [-0.05, 0) is 91.4 Å². The van der Waals surface area contributed by atoms with E-state index in [-0.39, 0.29) is 23.5 Å². The molecular formula is C30H44O3. The fraction of sp³-hybridized carbons (Fsp3) is 0.667. The molecule has 182 valence electrons. The van der Waals surface area contributed by atoms with Gasteiger partial charge in [0.15, 0.2) is 0 Å². The van der Waals surface area contributed by atoms with Gasteiger partial charge in [-0.1, -0.05) is 68.5 Å². The van der Waals surface area contributed by atoms with E-state index in [0.717, 1.165) is 38.5 Å². The molecule has 2 N–H and O–H groups in total. The van der Waals surface area contributed by atoms with E-state index in [1.54, 1.807) is 0 Å². The monoisotopic (exact) mass is 452 g/mol. The van der Waals surface area contributed by atoms with E-state index in [0.29, 0.717) is 36.9 Å². The van der Waals surface area contributed by atoms with Crippen LogP contribution in [0, 0.1) is 34.5 Å². The molecule has 3 nitrogen and oxygen atoms in total. The fourth-order valence-electron chi connectivity index (χ4n) is 7.55. The van der Waals surface area contributed by atoms with Gasteiger partial charge in [-0.25, -0.2) is 0 Å². The summed E-state index contributed by atoms with van der Waals surface area (Å²) in [5.74, 6) is 1.74. The number of hydrogen-bond acceptors (Lipinski definition) is 3. The summed E-state index contributed by atoms with van der Waals surface area (Å²) in [6, 6.07) is 10.3. The van der Waals surface area contributed by atoms with Crippen LogP contribution < -0.4 is 0 Å². The Morgan fingerprint density at radius 1 is 1.09 bits per heavy atom. The van der Waals surface area contributed by atoms with Crippen molar-refractivity contribution in [3.8, 4) is 0 Å². The number of benzene rings is 1. The van der Waals surface area contributed by atoms with Crippen molar-refractivity contribution in [2.45, 2.75) is 77.9 Å². The number of ether oxygens (including phenoxy) is 1. The van der Waals surface area contributed by atoms with Crippen molar-refractivity contribution in [2.75, 3.05) is 13.2 Å². The van der Waals surface area contributed by atoms with E-state index in [1.807, 2.05) is 18.2 Å². The lowest BCUT2D eigenvalue weighted by molar-refractivity contribution is -0.0825. The molecule has 3 fully saturated rings. The summed E-state index contributed by atoms with van der Waals surface area (Å²) in [5.41, 5.74) is 2.94. The first kappa shape index (κ1) is 24.7. The third-order valence-corrected chi connectivity index (χ3v) is 9.75. The third kappa shape index (κ3) is 5.01. The second-order valence-electron chi connectivity index (χ2n) is 11.5. The zero-order chi connectivity index (χ0) is 23.5. The van der Waals surface area contributed by atoms with Gasteiger partial charge in [0.05, 0.1) is 19.3 Å². The number of rotatable bonds is 8. The molecule has 0 amide bonds. The highest BCUT2D eigenvalue weighted by molar-refractivity contribution is 5.21. The van der Waals surface area contributed by atoms with Crippen molar-refractivity contribution in [1.82, 2.24) is 0 Å². The summed E-state index contributed by atoms with van der Waals surface area (Å²) < 4.78 is 5.86. The molecular weight excluding hydrogens is 408 g/mol. The number of allylic oxidation sites excluding steroid dienone is 2. The highest BCUT2D eigenvalue weighted by atomic mass is 16.5. The smallest absolute Gasteiger partial charge is 0.0717 e. The molecule has 7 unspecified atom stereocenters. The topological polar surface area (TPSA) is 49.7 Å². The lowest BCUT2D eigenvalue weighted by Gasteiger charge is -2.56. The molecule has 3 aliphatic carbocycles. The van der Waals surface area contributed by atoms with Crippen LogP contribution in [0.25, 0.3) is 0 Å². The van der Waals surface area contributed by atoms with Gasteiger partial charge in [-0.3, -0.25) is 0 Å². The first-order chi connectivity index (χ1) is 15.9. The Bertz CT molecular complexity index is 817. The Morgan fingerprint density at radius 3 is 2.64 bits per heavy atom. The quantitative estimate of drug-likeness (QED) is 0.359. The van der Waals surface area contributed by atoms with Crippen LogP contribution in [0.5, 0.6) is 0 Å². The Kier molecular flexibility index (Phi) is 7.83. The SMILES string of the molecule is C=C1CCC2C(CO)C(C3(C)CCC(O)CC3C=CCCOCc3ccccc3)CCC12C. The maximum atomic E-state index is 10.5. The van der Waals surface area contributed by atoms with Crippen molar-refractivity contribution >= 4 is 0 Å². The molecule has 3 aliphatic rings. The maximum Gasteiger partial charge on any atom is 0.0717 e. The molecule has 0 spiro atoms. The van der Waals surface area contributed by atoms with E-state index >= 15 is 0 Å². The number of aliphatic hydroxyl groups excluding tert-OH is 2. The standard InChI is InChI=1S/C30H44O3/c1-22-12-13-27-26(20-31)28(15-17-29(22,27)2)30(3)16-14-25(32)19-24(30)11-7-8-18-33-21-23-9-5-4-6-10-23/h4-7,9-11,24-28,31-32H,1,8,12-21H2,2-3H3. The number of fused-ring (bicyclic) bond motifs is 1. The predicted octanol–water partition coefficient (Wildman–Crippen LogP) is 6.31. The molecule has 0 aromatic heterocycles. The Hall–Kier alpha value is -1.42. The molecule has 1 aromatic rings. The van der Waals surface area contributed by atoms with E-state index in [1.165, 1.54) is 24.0 Å². The molecule has 0 saturated heterocycles. The van der Waals surface area contributed by atoms with Crippen LogP contribution in [0.2, 0.25) is 0 Å². The zero-order valence-electron chi connectivity index (χ0n) is 20.7. The highest BCUT2D eigenvalue weighted by Crippen LogP contribution is 2.63. The third-order valence-electron chi connectivity index (χ3n) is 9.75. The molecule has 0 bridgehead atoms. The van der Waals surface area contributed by atoms with E-state index in [2.05, 4.69) is 44.7 Å². The summed E-state index contributed by atoms with van der Waals surface area (Å²) in [6.07, 6.45) is 12.7. The van der Waals surface area contributed by atoms with E-state index in [9.17, 15) is 10.2 Å². The Morgan fingerprint density at radius 2 is 1.88 bits per heavy atom. The predicted molar refractivity (Wildman–Crippen MR) is 135 cm³/mol. The average Bonchev–Trinajstić information content (AvgIpc) is 3.12. The summed E-state index contributed by atoms with van der Waals surface area (Å²) in [6.45, 7) is 10.9. The molecule has 4 rings (SSSR count). The minimum atomic E-state index is -0.213. The van der Waals surface area contributed by atoms with Crippen molar-refractivity contribution in [3.05, 3.63) is 60.2 Å². The van der Waals surface area contributed by atoms with Crippen molar-refractivity contribution in [3.63, 3.8) is 0 Å². The van der Waals surface area contributed by atoms with E-state index < -0.39 is 0 Å². The first-order valence-electron chi connectivity index (χ1n) is 13.1. The summed E-state index contributed by atoms with van der Waals surface area (Å²) in [4.78, 5) is 0. The minimum Gasteiger partial charge on any atom is -0.396 e. The molecule has 3 saturated carbocycles. The maximum absolute atomic E-state index is 10.5. The molecule has 0 heterocycles. The summed E-state index contributed by atoms with van der Waals surface area (Å²) in [5, 5.41) is 21.1. The molecule has 7 atom stereocenters. The second-order valence-corrected chi connectivity index (χ2v) is 11.5. The van der Waals surface area contributed by atoms with Gasteiger partial charge in [0.1, 0.15) is 0 Å². The summed E-state index contributed by atoms with van der Waals surface area (Å²) >= 11 is 0. The van der Waals surface area contributed by atoms with Gasteiger partial charge in [0.2, 0.25) is 0 Å². The van der Waals surface area contributed by atoms with Crippen LogP contribution >= 0.6 is 0 Å². The fourth-order valence-corrected chi connectivity index (χ4v) is 7.55. The molecule has 0 aliphatic heterocycles. The van der Waals surface area contributed by atoms with Gasteiger partial charge >= 0.3 is 0 Å². The second kappa shape index (κ2) is 10.5. The lowest BCUT2D eigenvalue weighted by atomic mass is 9.49. The molecule has 3 heteroatoms. The Balaban J connectivity index is 1.41. The molecule has 0 radical (unpaired) electrons. The van der Waals surface area contributed by atoms with Crippen molar-refractivity contribution in [2.24, 2.45) is 34.5 Å². The highest BCUT2D eigenvalue weighted by Gasteiger charge is 2.56. The summed E-state index contributed by atoms with van der Waals surface area (Å²) in [7, 11) is 0. The van der Waals surface area contributed by atoms with Gasteiger partial charge in [0.25, 0.3) is 0 Å². The van der Waals surface area contributed by atoms with Gasteiger partial charge < -0.3 is 14.9 Å². The minimum absolute atomic E-state index is 0.124. The Labute approximate surface area is 200 Å². The average molecular weight is 453 g/mol. The lowest BCUT2D eigenvalue weighted by Crippen LogP contribution is -2.50. The van der Waals surface area contributed by atoms with Crippen LogP contribution in [0.15, 0.2) is 54.6 Å². The zero-order valence-corrected chi connectivity index (χ0v) is 20.7. The number of aliphatic hydroxyl groups is 2. The van der Waals surface area contributed by atoms with E-state index in [4.69, 9.17) is 4.74 Å². The van der Waals surface area contributed by atoms with Crippen molar-refractivity contribution < 1.29 is 14.9 Å². The van der Waals surface area contributed by atoms with Crippen LogP contribution in [0.1, 0.15) is 70.8 Å². The number of hydrogen-bond donors (Lipinski definition) is 2. The first-order valence-corrected chi connectivity index (χ1v) is 13.1. The molecule has 33 heavy (non-hydrogen) atoms. The molecule has 1 aromatic carbocycles. The van der Waals surface area contributed by atoms with Crippen LogP contribution in [-0.2, 0) is 11.3 Å². The van der Waals surface area contributed by atoms with Crippen LogP contribution in [0.3, 0.4) is 0 Å². The van der Waals surface area contributed by atoms with Crippen LogP contribution in [0.4, 0.5) is 0 Å². The largest absolute Gasteiger partial charge is 0.396 e. The van der Waals surface area contributed by atoms with Crippen molar-refractivity contribution in [1.29, 1.82) is 0 Å². The van der Waals surface area contributed by atoms with Crippen LogP contribution in [-0.4, -0.2) is 29.5 Å². The normalized spacial score (nSPS) is 39.2. The van der Waals surface area contributed by atoms with Gasteiger partial charge in [-0.2, -0.15) is 0 Å². The van der Waals surface area contributed by atoms with Gasteiger partial charge in [0, 0.05) is 6.61 Å².